The Morgan fingerprint density at radius 1 is 1.10 bits per heavy atom. The van der Waals surface area contributed by atoms with E-state index in [9.17, 15) is 4.79 Å². The number of ketones is 1. The standard InChI is InChI=1S/C26H34N2O/c1-5-6-7-10-17(2)15-25-26(22-11-8-9-12-24(22)28-25)18(3)21-14-13-20(27)16-23(21)19(4)29/h8-9,11-14,16-18,28H,5-7,10,15,27H2,1-4H3. The van der Waals surface area contributed by atoms with Crippen molar-refractivity contribution < 1.29 is 4.79 Å². The van der Waals surface area contributed by atoms with Crippen LogP contribution in [0.4, 0.5) is 5.69 Å². The predicted molar refractivity (Wildman–Crippen MR) is 124 cm³/mol. The highest BCUT2D eigenvalue weighted by Gasteiger charge is 2.23. The number of Topliss-reactive ketones (excluding diaryl/α,β-unsaturated/α-hetero) is 1. The Hall–Kier alpha value is -2.55. The van der Waals surface area contributed by atoms with Crippen molar-refractivity contribution in [3.63, 3.8) is 0 Å². The zero-order chi connectivity index (χ0) is 21.0. The molecule has 0 aliphatic carbocycles. The first-order valence-electron chi connectivity index (χ1n) is 10.9. The van der Waals surface area contributed by atoms with Gasteiger partial charge in [-0.15, -0.1) is 0 Å². The maximum Gasteiger partial charge on any atom is 0.160 e. The molecule has 2 unspecified atom stereocenters. The number of hydrogen-bond acceptors (Lipinski definition) is 2. The third kappa shape index (κ3) is 4.72. The molecule has 3 aromatic rings. The number of aromatic nitrogens is 1. The maximum absolute atomic E-state index is 12.3. The van der Waals surface area contributed by atoms with Gasteiger partial charge in [0.05, 0.1) is 0 Å². The Labute approximate surface area is 174 Å². The van der Waals surface area contributed by atoms with Crippen molar-refractivity contribution in [1.82, 2.24) is 4.98 Å². The van der Waals surface area contributed by atoms with Gasteiger partial charge < -0.3 is 10.7 Å². The highest BCUT2D eigenvalue weighted by atomic mass is 16.1. The zero-order valence-electron chi connectivity index (χ0n) is 18.2. The average Bonchev–Trinajstić information content (AvgIpc) is 3.05. The van der Waals surface area contributed by atoms with Gasteiger partial charge in [0.25, 0.3) is 0 Å². The molecule has 154 valence electrons. The number of rotatable bonds is 9. The predicted octanol–water partition coefficient (Wildman–Crippen LogP) is 6.86. The lowest BCUT2D eigenvalue weighted by Crippen LogP contribution is -2.09. The lowest BCUT2D eigenvalue weighted by atomic mass is 9.85. The van der Waals surface area contributed by atoms with E-state index < -0.39 is 0 Å². The van der Waals surface area contributed by atoms with Crippen LogP contribution in [0.2, 0.25) is 0 Å². The number of fused-ring (bicyclic) bond motifs is 1. The zero-order valence-corrected chi connectivity index (χ0v) is 18.2. The Morgan fingerprint density at radius 2 is 1.86 bits per heavy atom. The van der Waals surface area contributed by atoms with Crippen LogP contribution in [-0.2, 0) is 6.42 Å². The van der Waals surface area contributed by atoms with Crippen LogP contribution in [0.25, 0.3) is 10.9 Å². The van der Waals surface area contributed by atoms with E-state index >= 15 is 0 Å². The summed E-state index contributed by atoms with van der Waals surface area (Å²) in [5.41, 5.74) is 12.2. The molecule has 3 heteroatoms. The molecule has 1 aromatic heterocycles. The van der Waals surface area contributed by atoms with E-state index in [1.54, 1.807) is 6.92 Å². The van der Waals surface area contributed by atoms with Crippen LogP contribution in [0.15, 0.2) is 42.5 Å². The number of para-hydroxylation sites is 1. The van der Waals surface area contributed by atoms with E-state index in [2.05, 4.69) is 50.0 Å². The first-order valence-corrected chi connectivity index (χ1v) is 10.9. The number of H-pyrrole nitrogens is 1. The fraction of sp³-hybridized carbons (Fsp3) is 0.423. The molecule has 0 saturated heterocycles. The summed E-state index contributed by atoms with van der Waals surface area (Å²) in [6.07, 6.45) is 6.12. The molecule has 3 nitrogen and oxygen atoms in total. The van der Waals surface area contributed by atoms with E-state index in [0.717, 1.165) is 17.5 Å². The minimum atomic E-state index is 0.0634. The number of hydrogen-bond donors (Lipinski definition) is 2. The molecule has 29 heavy (non-hydrogen) atoms. The van der Waals surface area contributed by atoms with Gasteiger partial charge in [-0.05, 0) is 48.6 Å². The lowest BCUT2D eigenvalue weighted by Gasteiger charge is -2.19. The van der Waals surface area contributed by atoms with Crippen molar-refractivity contribution in [3.05, 3.63) is 64.8 Å². The van der Waals surface area contributed by atoms with Crippen molar-refractivity contribution in [2.24, 2.45) is 5.92 Å². The highest BCUT2D eigenvalue weighted by molar-refractivity contribution is 5.97. The number of nitrogen functional groups attached to an aromatic ring is 1. The summed E-state index contributed by atoms with van der Waals surface area (Å²) in [7, 11) is 0. The maximum atomic E-state index is 12.3. The Kier molecular flexibility index (Phi) is 6.79. The molecule has 0 amide bonds. The quantitative estimate of drug-likeness (QED) is 0.238. The van der Waals surface area contributed by atoms with E-state index in [0.29, 0.717) is 11.6 Å². The van der Waals surface area contributed by atoms with Crippen LogP contribution < -0.4 is 5.73 Å². The van der Waals surface area contributed by atoms with E-state index in [4.69, 9.17) is 5.73 Å². The summed E-state index contributed by atoms with van der Waals surface area (Å²) in [5.74, 6) is 0.802. The number of unbranched alkanes of at least 4 members (excludes halogenated alkanes) is 2. The molecule has 3 N–H and O–H groups in total. The van der Waals surface area contributed by atoms with E-state index in [1.165, 1.54) is 47.8 Å². The molecule has 0 bridgehead atoms. The van der Waals surface area contributed by atoms with Gasteiger partial charge in [0, 0.05) is 33.8 Å². The fourth-order valence-corrected chi connectivity index (χ4v) is 4.48. The third-order valence-corrected chi connectivity index (χ3v) is 6.04. The number of benzene rings is 2. The number of nitrogens with one attached hydrogen (secondary N) is 1. The molecule has 0 radical (unpaired) electrons. The first kappa shape index (κ1) is 21.2. The number of carbonyl (C=O) groups is 1. The Morgan fingerprint density at radius 3 is 2.59 bits per heavy atom. The molecule has 0 aliphatic rings. The molecule has 0 aliphatic heterocycles. The van der Waals surface area contributed by atoms with Crippen molar-refractivity contribution in [2.45, 2.75) is 65.7 Å². The van der Waals surface area contributed by atoms with Gasteiger partial charge in [-0.1, -0.05) is 70.7 Å². The molecular weight excluding hydrogens is 356 g/mol. The van der Waals surface area contributed by atoms with Crippen molar-refractivity contribution in [1.29, 1.82) is 0 Å². The van der Waals surface area contributed by atoms with Gasteiger partial charge in [-0.25, -0.2) is 0 Å². The first-order chi connectivity index (χ1) is 13.9. The summed E-state index contributed by atoms with van der Waals surface area (Å²) < 4.78 is 0. The van der Waals surface area contributed by atoms with Crippen molar-refractivity contribution in [3.8, 4) is 0 Å². The molecule has 0 spiro atoms. The van der Waals surface area contributed by atoms with Crippen LogP contribution in [0.5, 0.6) is 0 Å². The molecule has 3 rings (SSSR count). The minimum absolute atomic E-state index is 0.0634. The van der Waals surface area contributed by atoms with E-state index in [1.807, 2.05) is 18.2 Å². The Bertz CT molecular complexity index is 986. The van der Waals surface area contributed by atoms with Crippen LogP contribution in [-0.4, -0.2) is 10.8 Å². The van der Waals surface area contributed by atoms with Crippen molar-refractivity contribution in [2.75, 3.05) is 5.73 Å². The highest BCUT2D eigenvalue weighted by Crippen LogP contribution is 2.37. The molecule has 0 saturated carbocycles. The van der Waals surface area contributed by atoms with Crippen LogP contribution in [0.3, 0.4) is 0 Å². The number of anilines is 1. The molecule has 1 heterocycles. The topological polar surface area (TPSA) is 58.9 Å². The second kappa shape index (κ2) is 9.30. The molecular formula is C26H34N2O. The monoisotopic (exact) mass is 390 g/mol. The van der Waals surface area contributed by atoms with Crippen molar-refractivity contribution >= 4 is 22.4 Å². The van der Waals surface area contributed by atoms with Gasteiger partial charge in [0.1, 0.15) is 0 Å². The second-order valence-corrected chi connectivity index (χ2v) is 8.49. The van der Waals surface area contributed by atoms with Gasteiger partial charge in [-0.3, -0.25) is 4.79 Å². The van der Waals surface area contributed by atoms with Crippen LogP contribution in [0.1, 0.15) is 86.5 Å². The largest absolute Gasteiger partial charge is 0.399 e. The van der Waals surface area contributed by atoms with Gasteiger partial charge >= 0.3 is 0 Å². The summed E-state index contributed by atoms with van der Waals surface area (Å²) >= 11 is 0. The fourth-order valence-electron chi connectivity index (χ4n) is 4.48. The molecule has 0 fully saturated rings. The number of carbonyl (C=O) groups excluding carboxylic acids is 1. The van der Waals surface area contributed by atoms with Gasteiger partial charge in [-0.2, -0.15) is 0 Å². The molecule has 2 atom stereocenters. The lowest BCUT2D eigenvalue weighted by molar-refractivity contribution is 0.101. The second-order valence-electron chi connectivity index (χ2n) is 8.49. The SMILES string of the molecule is CCCCCC(C)Cc1[nH]c2ccccc2c1C(C)c1ccc(N)cc1C(C)=O. The summed E-state index contributed by atoms with van der Waals surface area (Å²) in [5, 5.41) is 1.25. The normalized spacial score (nSPS) is 13.5. The smallest absolute Gasteiger partial charge is 0.160 e. The third-order valence-electron chi connectivity index (χ3n) is 6.04. The number of nitrogens with two attached hydrogens (primary N) is 1. The minimum Gasteiger partial charge on any atom is -0.399 e. The average molecular weight is 391 g/mol. The summed E-state index contributed by atoms with van der Waals surface area (Å²) in [6, 6.07) is 14.2. The summed E-state index contributed by atoms with van der Waals surface area (Å²) in [4.78, 5) is 16.0. The summed E-state index contributed by atoms with van der Waals surface area (Å²) in [6.45, 7) is 8.43. The molecule has 2 aromatic carbocycles. The van der Waals surface area contributed by atoms with Gasteiger partial charge in [0.2, 0.25) is 0 Å². The number of aromatic amines is 1. The van der Waals surface area contributed by atoms with Crippen LogP contribution in [0, 0.1) is 5.92 Å². The van der Waals surface area contributed by atoms with E-state index in [-0.39, 0.29) is 11.7 Å². The Balaban J connectivity index is 2.03. The van der Waals surface area contributed by atoms with Crippen LogP contribution >= 0.6 is 0 Å². The van der Waals surface area contributed by atoms with Gasteiger partial charge in [0.15, 0.2) is 5.78 Å².